The van der Waals surface area contributed by atoms with Gasteiger partial charge in [-0.2, -0.15) is 0 Å². The Morgan fingerprint density at radius 3 is 2.43 bits per heavy atom. The minimum atomic E-state index is 0.0934. The van der Waals surface area contributed by atoms with E-state index in [9.17, 15) is 4.79 Å². The largest absolute Gasteiger partial charge is 0.490 e. The molecular weight excluding hydrogens is 376 g/mol. The SMILES string of the molecule is COC1CCCN(C(=O)c2ccc3cc(OC4CCN(C(C)C)CC4)ccc3c2)C1. The number of fused-ring (bicyclic) bond motifs is 1. The molecule has 0 spiro atoms. The van der Waals surface area contributed by atoms with E-state index in [0.717, 1.165) is 67.4 Å². The van der Waals surface area contributed by atoms with Crippen molar-refractivity contribution in [3.8, 4) is 5.75 Å². The molecule has 1 atom stereocenters. The molecule has 1 unspecified atom stereocenters. The molecule has 2 saturated heterocycles. The van der Waals surface area contributed by atoms with Crippen molar-refractivity contribution in [2.45, 2.75) is 57.8 Å². The first kappa shape index (κ1) is 21.1. The van der Waals surface area contributed by atoms with Crippen molar-refractivity contribution in [1.82, 2.24) is 9.80 Å². The Morgan fingerprint density at radius 2 is 1.70 bits per heavy atom. The zero-order chi connectivity index (χ0) is 21.1. The van der Waals surface area contributed by atoms with E-state index in [1.165, 1.54) is 0 Å². The maximum Gasteiger partial charge on any atom is 0.253 e. The summed E-state index contributed by atoms with van der Waals surface area (Å²) in [7, 11) is 1.72. The van der Waals surface area contributed by atoms with E-state index >= 15 is 0 Å². The van der Waals surface area contributed by atoms with Gasteiger partial charge >= 0.3 is 0 Å². The lowest BCUT2D eigenvalue weighted by molar-refractivity contribution is 0.0269. The van der Waals surface area contributed by atoms with Gasteiger partial charge in [0.15, 0.2) is 0 Å². The van der Waals surface area contributed by atoms with Crippen molar-refractivity contribution in [1.29, 1.82) is 0 Å². The van der Waals surface area contributed by atoms with E-state index in [0.29, 0.717) is 12.6 Å². The molecule has 5 heteroatoms. The van der Waals surface area contributed by atoms with Gasteiger partial charge in [-0.3, -0.25) is 4.79 Å². The molecule has 0 N–H and O–H groups in total. The quantitative estimate of drug-likeness (QED) is 0.735. The highest BCUT2D eigenvalue weighted by molar-refractivity contribution is 5.98. The van der Waals surface area contributed by atoms with Crippen LogP contribution in [0, 0.1) is 0 Å². The third-order valence-electron chi connectivity index (χ3n) is 6.57. The van der Waals surface area contributed by atoms with Gasteiger partial charge in [0.05, 0.1) is 6.10 Å². The molecule has 1 amide bonds. The van der Waals surface area contributed by atoms with Gasteiger partial charge in [0, 0.05) is 44.9 Å². The molecule has 0 aromatic heterocycles. The number of hydrogen-bond donors (Lipinski definition) is 0. The van der Waals surface area contributed by atoms with Crippen molar-refractivity contribution in [2.75, 3.05) is 33.3 Å². The molecule has 2 aromatic rings. The summed E-state index contributed by atoms with van der Waals surface area (Å²) in [6.45, 7) is 8.19. The number of rotatable bonds is 5. The number of likely N-dealkylation sites (tertiary alicyclic amines) is 2. The monoisotopic (exact) mass is 410 g/mol. The Bertz CT molecular complexity index is 874. The fourth-order valence-electron chi connectivity index (χ4n) is 4.63. The molecule has 2 fully saturated rings. The number of methoxy groups -OCH3 is 1. The third-order valence-corrected chi connectivity index (χ3v) is 6.57. The molecule has 0 aliphatic carbocycles. The van der Waals surface area contributed by atoms with Crippen LogP contribution in [0.15, 0.2) is 36.4 Å². The van der Waals surface area contributed by atoms with Gasteiger partial charge in [0.1, 0.15) is 11.9 Å². The van der Waals surface area contributed by atoms with Gasteiger partial charge in [0.2, 0.25) is 0 Å². The normalized spacial score (nSPS) is 21.3. The summed E-state index contributed by atoms with van der Waals surface area (Å²) in [5.74, 6) is 1.01. The van der Waals surface area contributed by atoms with Gasteiger partial charge in [-0.15, -0.1) is 0 Å². The van der Waals surface area contributed by atoms with Crippen LogP contribution in [0.25, 0.3) is 10.8 Å². The van der Waals surface area contributed by atoms with Crippen LogP contribution in [0.4, 0.5) is 0 Å². The second kappa shape index (κ2) is 9.36. The number of carbonyl (C=O) groups is 1. The number of amides is 1. The Morgan fingerprint density at radius 1 is 0.967 bits per heavy atom. The summed E-state index contributed by atoms with van der Waals surface area (Å²) in [5.41, 5.74) is 0.744. The minimum absolute atomic E-state index is 0.0934. The average Bonchev–Trinajstić information content (AvgIpc) is 2.78. The Labute approximate surface area is 179 Å². The molecule has 5 nitrogen and oxygen atoms in total. The number of benzene rings is 2. The number of nitrogens with zero attached hydrogens (tertiary/aromatic N) is 2. The maximum atomic E-state index is 13.0. The molecule has 2 aliphatic rings. The average molecular weight is 411 g/mol. The van der Waals surface area contributed by atoms with Crippen molar-refractivity contribution in [2.24, 2.45) is 0 Å². The van der Waals surface area contributed by atoms with Gasteiger partial charge in [-0.05, 0) is 74.6 Å². The minimum Gasteiger partial charge on any atom is -0.490 e. The summed E-state index contributed by atoms with van der Waals surface area (Å²) in [5, 5.41) is 2.18. The number of piperidine rings is 2. The Balaban J connectivity index is 1.42. The fraction of sp³-hybridized carbons (Fsp3) is 0.560. The molecule has 0 radical (unpaired) electrons. The first-order valence-corrected chi connectivity index (χ1v) is 11.3. The lowest BCUT2D eigenvalue weighted by atomic mass is 10.0. The van der Waals surface area contributed by atoms with Crippen molar-refractivity contribution in [3.63, 3.8) is 0 Å². The first-order valence-electron chi connectivity index (χ1n) is 11.3. The number of carbonyl (C=O) groups excluding carboxylic acids is 1. The van der Waals surface area contributed by atoms with Crippen molar-refractivity contribution in [3.05, 3.63) is 42.0 Å². The van der Waals surface area contributed by atoms with Crippen LogP contribution < -0.4 is 4.74 Å². The predicted octanol–water partition coefficient (Wildman–Crippen LogP) is 4.34. The second-order valence-electron chi connectivity index (χ2n) is 8.92. The standard InChI is InChI=1S/C25H34N2O3/c1-18(2)26-13-10-22(11-14-26)30-23-9-8-19-15-21(7-6-20(19)16-23)25(28)27-12-4-5-24(17-27)29-3/h6-9,15-16,18,22,24H,4-5,10-14,17H2,1-3H3. The highest BCUT2D eigenvalue weighted by atomic mass is 16.5. The van der Waals surface area contributed by atoms with Crippen LogP contribution in [0.2, 0.25) is 0 Å². The zero-order valence-electron chi connectivity index (χ0n) is 18.5. The molecule has 0 bridgehead atoms. The van der Waals surface area contributed by atoms with E-state index in [2.05, 4.69) is 30.9 Å². The maximum absolute atomic E-state index is 13.0. The topological polar surface area (TPSA) is 42.0 Å². The Kier molecular flexibility index (Phi) is 6.59. The summed E-state index contributed by atoms with van der Waals surface area (Å²) < 4.78 is 11.7. The van der Waals surface area contributed by atoms with Gasteiger partial charge in [-0.25, -0.2) is 0 Å². The third kappa shape index (κ3) is 4.79. The summed E-state index contributed by atoms with van der Waals surface area (Å²) in [4.78, 5) is 17.4. The molecule has 2 heterocycles. The smallest absolute Gasteiger partial charge is 0.253 e. The van der Waals surface area contributed by atoms with E-state index in [1.807, 2.05) is 29.2 Å². The van der Waals surface area contributed by atoms with E-state index in [4.69, 9.17) is 9.47 Å². The van der Waals surface area contributed by atoms with Crippen LogP contribution in [0.3, 0.4) is 0 Å². The Hall–Kier alpha value is -2.11. The molecule has 4 rings (SSSR count). The number of hydrogen-bond acceptors (Lipinski definition) is 4. The van der Waals surface area contributed by atoms with E-state index in [-0.39, 0.29) is 18.1 Å². The number of ether oxygens (including phenoxy) is 2. The molecule has 0 saturated carbocycles. The van der Waals surface area contributed by atoms with Crippen LogP contribution in [-0.2, 0) is 4.74 Å². The zero-order valence-corrected chi connectivity index (χ0v) is 18.5. The van der Waals surface area contributed by atoms with Crippen molar-refractivity contribution >= 4 is 16.7 Å². The first-order chi connectivity index (χ1) is 14.5. The molecule has 2 aromatic carbocycles. The van der Waals surface area contributed by atoms with E-state index < -0.39 is 0 Å². The van der Waals surface area contributed by atoms with Crippen LogP contribution in [-0.4, -0.2) is 67.2 Å². The van der Waals surface area contributed by atoms with Gasteiger partial charge < -0.3 is 19.3 Å². The fourth-order valence-corrected chi connectivity index (χ4v) is 4.63. The predicted molar refractivity (Wildman–Crippen MR) is 120 cm³/mol. The van der Waals surface area contributed by atoms with E-state index in [1.54, 1.807) is 7.11 Å². The highest BCUT2D eigenvalue weighted by Gasteiger charge is 2.25. The molecule has 30 heavy (non-hydrogen) atoms. The van der Waals surface area contributed by atoms with Gasteiger partial charge in [-0.1, -0.05) is 12.1 Å². The summed E-state index contributed by atoms with van der Waals surface area (Å²) in [6, 6.07) is 12.8. The molecule has 162 valence electrons. The van der Waals surface area contributed by atoms with Crippen LogP contribution in [0.1, 0.15) is 49.9 Å². The molecule has 2 aliphatic heterocycles. The lowest BCUT2D eigenvalue weighted by Crippen LogP contribution is -2.42. The van der Waals surface area contributed by atoms with Gasteiger partial charge in [0.25, 0.3) is 5.91 Å². The van der Waals surface area contributed by atoms with Crippen LogP contribution in [0.5, 0.6) is 5.75 Å². The highest BCUT2D eigenvalue weighted by Crippen LogP contribution is 2.26. The molecular formula is C25H34N2O3. The second-order valence-corrected chi connectivity index (χ2v) is 8.92. The van der Waals surface area contributed by atoms with Crippen LogP contribution >= 0.6 is 0 Å². The summed E-state index contributed by atoms with van der Waals surface area (Å²) in [6.07, 6.45) is 4.59. The van der Waals surface area contributed by atoms with Crippen molar-refractivity contribution < 1.29 is 14.3 Å². The summed E-state index contributed by atoms with van der Waals surface area (Å²) >= 11 is 0. The lowest BCUT2D eigenvalue weighted by Gasteiger charge is -2.34.